The second kappa shape index (κ2) is 14.6. The number of alkyl halides is 3. The Labute approximate surface area is 142 Å². The van der Waals surface area contributed by atoms with E-state index < -0.39 is 19.4 Å². The highest BCUT2D eigenvalue weighted by Crippen LogP contribution is 2.10. The van der Waals surface area contributed by atoms with Crippen molar-refractivity contribution in [2.45, 2.75) is 6.54 Å². The SMILES string of the molecule is C=N/C(NCc1ccc(Cl)cc1)=C(F)\C=N/COCCF.FCF. The van der Waals surface area contributed by atoms with E-state index in [4.69, 9.17) is 16.3 Å². The minimum Gasteiger partial charge on any atom is -0.364 e. The summed E-state index contributed by atoms with van der Waals surface area (Å²) in [4.78, 5) is 7.21. The highest BCUT2D eigenvalue weighted by Gasteiger charge is 2.02. The summed E-state index contributed by atoms with van der Waals surface area (Å²) in [5, 5.41) is 3.43. The maximum absolute atomic E-state index is 13.7. The molecule has 0 aliphatic carbocycles. The number of hydrogen-bond acceptors (Lipinski definition) is 4. The van der Waals surface area contributed by atoms with Crippen LogP contribution in [0.25, 0.3) is 0 Å². The molecule has 0 aromatic heterocycles. The van der Waals surface area contributed by atoms with Gasteiger partial charge in [0.25, 0.3) is 0 Å². The van der Waals surface area contributed by atoms with E-state index in [0.29, 0.717) is 11.6 Å². The lowest BCUT2D eigenvalue weighted by Crippen LogP contribution is -2.13. The van der Waals surface area contributed by atoms with E-state index >= 15 is 0 Å². The fourth-order valence-corrected chi connectivity index (χ4v) is 1.48. The van der Waals surface area contributed by atoms with Crippen molar-refractivity contribution in [1.82, 2.24) is 5.32 Å². The molecule has 0 aliphatic rings. The molecule has 1 N–H and O–H groups in total. The van der Waals surface area contributed by atoms with Crippen LogP contribution in [0.5, 0.6) is 0 Å². The van der Waals surface area contributed by atoms with Crippen LogP contribution in [0.2, 0.25) is 5.02 Å². The highest BCUT2D eigenvalue weighted by molar-refractivity contribution is 6.30. The van der Waals surface area contributed by atoms with Crippen LogP contribution in [-0.4, -0.2) is 39.9 Å². The van der Waals surface area contributed by atoms with Gasteiger partial charge in [0.2, 0.25) is 6.93 Å². The van der Waals surface area contributed by atoms with E-state index in [0.717, 1.165) is 11.8 Å². The van der Waals surface area contributed by atoms with Gasteiger partial charge in [-0.3, -0.25) is 4.99 Å². The molecule has 24 heavy (non-hydrogen) atoms. The van der Waals surface area contributed by atoms with Gasteiger partial charge in [-0.1, -0.05) is 23.7 Å². The Morgan fingerprint density at radius 2 is 1.88 bits per heavy atom. The first-order chi connectivity index (χ1) is 11.6. The van der Waals surface area contributed by atoms with Crippen molar-refractivity contribution in [3.63, 3.8) is 0 Å². The molecule has 0 atom stereocenters. The van der Waals surface area contributed by atoms with Gasteiger partial charge >= 0.3 is 0 Å². The fourth-order valence-electron chi connectivity index (χ4n) is 1.35. The summed E-state index contributed by atoms with van der Waals surface area (Å²) in [6, 6.07) is 7.10. The van der Waals surface area contributed by atoms with Crippen molar-refractivity contribution in [2.24, 2.45) is 9.98 Å². The zero-order valence-corrected chi connectivity index (χ0v) is 13.6. The average molecular weight is 368 g/mol. The molecular weight excluding hydrogens is 350 g/mol. The largest absolute Gasteiger partial charge is 0.364 e. The van der Waals surface area contributed by atoms with Crippen molar-refractivity contribution in [1.29, 1.82) is 0 Å². The smallest absolute Gasteiger partial charge is 0.229 e. The van der Waals surface area contributed by atoms with Gasteiger partial charge in [-0.05, 0) is 24.4 Å². The molecule has 0 fully saturated rings. The lowest BCUT2D eigenvalue weighted by atomic mass is 10.2. The van der Waals surface area contributed by atoms with E-state index in [2.05, 4.69) is 22.0 Å². The minimum absolute atomic E-state index is 0.0285. The van der Waals surface area contributed by atoms with Crippen LogP contribution < -0.4 is 5.32 Å². The second-order valence-electron chi connectivity index (χ2n) is 3.97. The zero-order chi connectivity index (χ0) is 18.2. The number of ether oxygens (including phenoxy) is 1. The lowest BCUT2D eigenvalue weighted by Gasteiger charge is -2.06. The van der Waals surface area contributed by atoms with E-state index in [1.165, 1.54) is 0 Å². The molecule has 9 heteroatoms. The molecule has 0 saturated heterocycles. The number of halogens is 5. The molecule has 0 aliphatic heterocycles. The molecular formula is C15H18ClF4N3O. The summed E-state index contributed by atoms with van der Waals surface area (Å²) in [5.74, 6) is -0.706. The predicted molar refractivity (Wildman–Crippen MR) is 88.3 cm³/mol. The fraction of sp³-hybridized carbons (Fsp3) is 0.333. The van der Waals surface area contributed by atoms with Crippen LogP contribution in [-0.2, 0) is 11.3 Å². The zero-order valence-electron chi connectivity index (χ0n) is 12.8. The number of allylic oxidation sites excluding steroid dienone is 1. The van der Waals surface area contributed by atoms with Crippen LogP contribution in [0.3, 0.4) is 0 Å². The van der Waals surface area contributed by atoms with Crippen LogP contribution >= 0.6 is 11.6 Å². The number of benzene rings is 1. The van der Waals surface area contributed by atoms with Crippen molar-refractivity contribution in [3.05, 3.63) is 46.5 Å². The van der Waals surface area contributed by atoms with Gasteiger partial charge in [-0.15, -0.1) is 0 Å². The Morgan fingerprint density at radius 1 is 1.25 bits per heavy atom. The van der Waals surface area contributed by atoms with Crippen molar-refractivity contribution in [3.8, 4) is 0 Å². The van der Waals surface area contributed by atoms with Crippen LogP contribution in [0.1, 0.15) is 5.56 Å². The van der Waals surface area contributed by atoms with E-state index in [-0.39, 0.29) is 19.2 Å². The highest BCUT2D eigenvalue weighted by atomic mass is 35.5. The van der Waals surface area contributed by atoms with Gasteiger partial charge in [-0.2, -0.15) is 0 Å². The van der Waals surface area contributed by atoms with Crippen molar-refractivity contribution >= 4 is 24.5 Å². The van der Waals surface area contributed by atoms with E-state index in [1.807, 2.05) is 12.1 Å². The molecule has 4 nitrogen and oxygen atoms in total. The average Bonchev–Trinajstić information content (AvgIpc) is 2.57. The maximum Gasteiger partial charge on any atom is 0.229 e. The third-order valence-corrected chi connectivity index (χ3v) is 2.60. The molecule has 134 valence electrons. The third kappa shape index (κ3) is 10.7. The van der Waals surface area contributed by atoms with Gasteiger partial charge in [0, 0.05) is 11.6 Å². The number of rotatable bonds is 9. The lowest BCUT2D eigenvalue weighted by molar-refractivity contribution is 0.126. The topological polar surface area (TPSA) is 46.0 Å². The van der Waals surface area contributed by atoms with Crippen molar-refractivity contribution in [2.75, 3.05) is 26.9 Å². The Bertz CT molecular complexity index is 524. The summed E-state index contributed by atoms with van der Waals surface area (Å²) in [7, 11) is 0. The van der Waals surface area contributed by atoms with Crippen LogP contribution in [0.15, 0.2) is 45.9 Å². The third-order valence-electron chi connectivity index (χ3n) is 2.35. The molecule has 1 aromatic carbocycles. The van der Waals surface area contributed by atoms with Crippen LogP contribution in [0.4, 0.5) is 17.6 Å². The van der Waals surface area contributed by atoms with E-state index in [1.54, 1.807) is 12.1 Å². The Kier molecular flexibility index (Phi) is 13.5. The summed E-state index contributed by atoms with van der Waals surface area (Å²) >= 11 is 5.77. The number of hydrogen-bond donors (Lipinski definition) is 1. The van der Waals surface area contributed by atoms with Crippen LogP contribution in [0, 0.1) is 0 Å². The summed E-state index contributed by atoms with van der Waals surface area (Å²) in [6.07, 6.45) is 0.955. The molecule has 0 unspecified atom stereocenters. The predicted octanol–water partition coefficient (Wildman–Crippen LogP) is 4.17. The first-order valence-corrected chi connectivity index (χ1v) is 7.07. The molecule has 1 rings (SSSR count). The second-order valence-corrected chi connectivity index (χ2v) is 4.41. The molecule has 0 saturated carbocycles. The Hall–Kier alpha value is -1.93. The molecule has 1 aromatic rings. The molecule has 0 heterocycles. The normalized spacial score (nSPS) is 11.5. The summed E-state index contributed by atoms with van der Waals surface area (Å²) in [6.45, 7) is 1.13. The number of aliphatic imine (C=N–C) groups is 2. The Morgan fingerprint density at radius 3 is 2.42 bits per heavy atom. The van der Waals surface area contributed by atoms with E-state index in [9.17, 15) is 17.6 Å². The quantitative estimate of drug-likeness (QED) is 0.404. The summed E-state index contributed by atoms with van der Waals surface area (Å²) in [5.41, 5.74) is 0.913. The maximum atomic E-state index is 13.7. The molecule has 0 amide bonds. The Balaban J connectivity index is 0.00000163. The standard InChI is InChI=1S/C14H16ClF2N3O.CH2F2/c1-18-14(13(17)9-19-10-21-7-6-16)20-8-11-2-4-12(15)5-3-11;2-1-3/h2-5,9,20H,1,6-8,10H2;1H2/b14-13-,19-9-;. The molecule has 0 spiro atoms. The van der Waals surface area contributed by atoms with Gasteiger partial charge in [0.05, 0.1) is 12.8 Å². The first kappa shape index (κ1) is 22.1. The van der Waals surface area contributed by atoms with Gasteiger partial charge in [0.15, 0.2) is 11.6 Å². The monoisotopic (exact) mass is 367 g/mol. The minimum atomic E-state index is -1.75. The molecule has 0 bridgehead atoms. The van der Waals surface area contributed by atoms with Crippen molar-refractivity contribution < 1.29 is 22.3 Å². The molecule has 0 radical (unpaired) electrons. The number of nitrogens with one attached hydrogen (secondary N) is 1. The van der Waals surface area contributed by atoms with Gasteiger partial charge in [0.1, 0.15) is 13.4 Å². The summed E-state index contributed by atoms with van der Waals surface area (Å²) < 4.78 is 49.5. The first-order valence-electron chi connectivity index (χ1n) is 6.69. The van der Waals surface area contributed by atoms with Gasteiger partial charge in [-0.25, -0.2) is 22.6 Å². The number of nitrogens with zero attached hydrogens (tertiary/aromatic N) is 2. The van der Waals surface area contributed by atoms with Gasteiger partial charge < -0.3 is 10.1 Å².